The van der Waals surface area contributed by atoms with Crippen LogP contribution in [0.25, 0.3) is 0 Å². The number of benzene rings is 2. The van der Waals surface area contributed by atoms with E-state index in [4.69, 9.17) is 10.5 Å². The molecule has 0 aliphatic heterocycles. The van der Waals surface area contributed by atoms with Crippen molar-refractivity contribution in [3.8, 4) is 5.75 Å². The van der Waals surface area contributed by atoms with Crippen LogP contribution in [0.15, 0.2) is 59.5 Å². The maximum Gasteiger partial charge on any atom is 0.247 e. The highest BCUT2D eigenvalue weighted by Crippen LogP contribution is 2.24. The third-order valence-electron chi connectivity index (χ3n) is 3.71. The van der Waals surface area contributed by atoms with Gasteiger partial charge < -0.3 is 15.6 Å². The zero-order valence-electron chi connectivity index (χ0n) is 13.1. The van der Waals surface area contributed by atoms with E-state index in [2.05, 4.69) is 0 Å². The molecule has 24 heavy (non-hydrogen) atoms. The smallest absolute Gasteiger partial charge is 0.247 e. The highest BCUT2D eigenvalue weighted by Gasteiger charge is 2.37. The number of hydrogen-bond donors (Lipinski definition) is 2. The normalized spacial score (nSPS) is 13.9. The Morgan fingerprint density at radius 2 is 1.71 bits per heavy atom. The second-order valence-corrected chi connectivity index (χ2v) is 7.46. The van der Waals surface area contributed by atoms with Gasteiger partial charge in [-0.3, -0.25) is 4.79 Å². The van der Waals surface area contributed by atoms with Crippen molar-refractivity contribution in [3.05, 3.63) is 60.2 Å². The standard InChI is InChI=1S/C17H19NO5S/c1-23-13-7-9-14(10-8-13)24(21,22)15(16(19)17(18)20)11-12-5-3-2-4-6-12/h2-10,15-16,19H,11H2,1H3,(H2,18,20). The summed E-state index contributed by atoms with van der Waals surface area (Å²) >= 11 is 0. The average molecular weight is 349 g/mol. The molecule has 0 aliphatic rings. The first-order chi connectivity index (χ1) is 11.4. The van der Waals surface area contributed by atoms with Crippen LogP contribution in [0.4, 0.5) is 0 Å². The molecule has 2 aromatic carbocycles. The molecule has 0 spiro atoms. The van der Waals surface area contributed by atoms with E-state index in [1.54, 1.807) is 30.3 Å². The number of carbonyl (C=O) groups is 1. The van der Waals surface area contributed by atoms with Crippen molar-refractivity contribution in [2.45, 2.75) is 22.7 Å². The monoisotopic (exact) mass is 349 g/mol. The molecule has 0 heterocycles. The van der Waals surface area contributed by atoms with E-state index in [-0.39, 0.29) is 11.3 Å². The summed E-state index contributed by atoms with van der Waals surface area (Å²) in [5.74, 6) is -0.572. The third kappa shape index (κ3) is 3.93. The summed E-state index contributed by atoms with van der Waals surface area (Å²) in [5.41, 5.74) is 5.82. The predicted molar refractivity (Wildman–Crippen MR) is 89.3 cm³/mol. The van der Waals surface area contributed by atoms with E-state index < -0.39 is 27.1 Å². The molecule has 2 aromatic rings. The molecular formula is C17H19NO5S. The largest absolute Gasteiger partial charge is 0.497 e. The fourth-order valence-electron chi connectivity index (χ4n) is 2.36. The van der Waals surface area contributed by atoms with Gasteiger partial charge in [-0.1, -0.05) is 30.3 Å². The molecule has 0 saturated heterocycles. The molecule has 2 atom stereocenters. The Morgan fingerprint density at radius 3 is 2.21 bits per heavy atom. The van der Waals surface area contributed by atoms with Gasteiger partial charge in [-0.25, -0.2) is 8.42 Å². The number of carbonyl (C=O) groups excluding carboxylic acids is 1. The molecular weight excluding hydrogens is 330 g/mol. The fourth-order valence-corrected chi connectivity index (χ4v) is 4.11. The molecule has 0 radical (unpaired) electrons. The average Bonchev–Trinajstić information content (AvgIpc) is 2.59. The van der Waals surface area contributed by atoms with Gasteiger partial charge in [-0.2, -0.15) is 0 Å². The molecule has 2 rings (SSSR count). The molecule has 128 valence electrons. The molecule has 0 aliphatic carbocycles. The van der Waals surface area contributed by atoms with E-state index in [1.165, 1.54) is 31.4 Å². The van der Waals surface area contributed by atoms with Crippen molar-refractivity contribution in [2.75, 3.05) is 7.11 Å². The summed E-state index contributed by atoms with van der Waals surface area (Å²) in [6.07, 6.45) is -1.84. The van der Waals surface area contributed by atoms with E-state index in [0.29, 0.717) is 11.3 Å². The van der Waals surface area contributed by atoms with Gasteiger partial charge >= 0.3 is 0 Å². The fraction of sp³-hybridized carbons (Fsp3) is 0.235. The van der Waals surface area contributed by atoms with E-state index in [0.717, 1.165) is 0 Å². The first kappa shape index (κ1) is 18.0. The lowest BCUT2D eigenvalue weighted by atomic mass is 10.1. The van der Waals surface area contributed by atoms with Gasteiger partial charge in [0.25, 0.3) is 0 Å². The summed E-state index contributed by atoms with van der Waals surface area (Å²) in [4.78, 5) is 11.4. The molecule has 0 fully saturated rings. The van der Waals surface area contributed by atoms with Gasteiger partial charge in [0.05, 0.1) is 12.0 Å². The predicted octanol–water partition coefficient (Wildman–Crippen LogP) is 0.926. The van der Waals surface area contributed by atoms with Crippen LogP contribution >= 0.6 is 0 Å². The summed E-state index contributed by atoms with van der Waals surface area (Å²) < 4.78 is 30.8. The van der Waals surface area contributed by atoms with Crippen molar-refractivity contribution in [3.63, 3.8) is 0 Å². The van der Waals surface area contributed by atoms with Crippen molar-refractivity contribution >= 4 is 15.7 Å². The van der Waals surface area contributed by atoms with Crippen LogP contribution in [0, 0.1) is 0 Å². The molecule has 6 nitrogen and oxygen atoms in total. The number of methoxy groups -OCH3 is 1. The van der Waals surface area contributed by atoms with Crippen molar-refractivity contribution < 1.29 is 23.1 Å². The van der Waals surface area contributed by atoms with Crippen molar-refractivity contribution in [1.82, 2.24) is 0 Å². The van der Waals surface area contributed by atoms with Crippen molar-refractivity contribution in [2.24, 2.45) is 5.73 Å². The first-order valence-corrected chi connectivity index (χ1v) is 8.80. The van der Waals surface area contributed by atoms with Crippen molar-refractivity contribution in [1.29, 1.82) is 0 Å². The second kappa shape index (κ2) is 7.46. The molecule has 0 saturated carbocycles. The number of hydrogen-bond acceptors (Lipinski definition) is 5. The second-order valence-electron chi connectivity index (χ2n) is 5.30. The highest BCUT2D eigenvalue weighted by atomic mass is 32.2. The van der Waals surface area contributed by atoms with E-state index >= 15 is 0 Å². The summed E-state index contributed by atoms with van der Waals surface area (Å²) in [5, 5.41) is 8.70. The molecule has 7 heteroatoms. The zero-order valence-corrected chi connectivity index (χ0v) is 13.9. The zero-order chi connectivity index (χ0) is 17.7. The number of primary amides is 1. The molecule has 0 aromatic heterocycles. The quantitative estimate of drug-likeness (QED) is 0.773. The lowest BCUT2D eigenvalue weighted by Gasteiger charge is -2.21. The highest BCUT2D eigenvalue weighted by molar-refractivity contribution is 7.92. The van der Waals surface area contributed by atoms with Gasteiger partial charge in [0.2, 0.25) is 5.91 Å². The van der Waals surface area contributed by atoms with E-state index in [9.17, 15) is 18.3 Å². The third-order valence-corrected chi connectivity index (χ3v) is 5.86. The lowest BCUT2D eigenvalue weighted by Crippen LogP contribution is -2.44. The van der Waals surface area contributed by atoms with Crippen LogP contribution in [0.3, 0.4) is 0 Å². The number of amides is 1. The van der Waals surface area contributed by atoms with Crippen LogP contribution in [-0.4, -0.2) is 37.9 Å². The van der Waals surface area contributed by atoms with Gasteiger partial charge in [-0.15, -0.1) is 0 Å². The number of nitrogens with two attached hydrogens (primary N) is 1. The Morgan fingerprint density at radius 1 is 1.12 bits per heavy atom. The SMILES string of the molecule is COc1ccc(S(=O)(=O)C(Cc2ccccc2)C(O)C(N)=O)cc1. The topological polar surface area (TPSA) is 107 Å². The molecule has 0 bridgehead atoms. The number of rotatable bonds is 7. The maximum atomic E-state index is 12.9. The van der Waals surface area contributed by atoms with E-state index in [1.807, 2.05) is 0 Å². The molecule has 3 N–H and O–H groups in total. The number of aliphatic hydroxyl groups is 1. The van der Waals surface area contributed by atoms with Crippen LogP contribution in [0.5, 0.6) is 5.75 Å². The van der Waals surface area contributed by atoms with Crippen LogP contribution in [0.1, 0.15) is 5.56 Å². The molecule has 2 unspecified atom stereocenters. The molecule has 1 amide bonds. The van der Waals surface area contributed by atoms with Gasteiger partial charge in [0.1, 0.15) is 17.1 Å². The summed E-state index contributed by atoms with van der Waals surface area (Å²) in [6.45, 7) is 0. The Hall–Kier alpha value is -2.38. The van der Waals surface area contributed by atoms with Gasteiger partial charge in [0, 0.05) is 0 Å². The van der Waals surface area contributed by atoms with Crippen LogP contribution in [0.2, 0.25) is 0 Å². The minimum Gasteiger partial charge on any atom is -0.497 e. The van der Waals surface area contributed by atoms with Gasteiger partial charge in [-0.05, 0) is 36.2 Å². The van der Waals surface area contributed by atoms with Crippen LogP contribution < -0.4 is 10.5 Å². The lowest BCUT2D eigenvalue weighted by molar-refractivity contribution is -0.126. The van der Waals surface area contributed by atoms with Crippen LogP contribution in [-0.2, 0) is 21.1 Å². The maximum absolute atomic E-state index is 12.9. The minimum atomic E-state index is -3.97. The number of ether oxygens (including phenoxy) is 1. The minimum absolute atomic E-state index is 0.00969. The summed E-state index contributed by atoms with van der Waals surface area (Å²) in [6, 6.07) is 14.5. The number of aliphatic hydroxyl groups excluding tert-OH is 1. The Kier molecular flexibility index (Phi) is 5.58. The Labute approximate surface area is 140 Å². The Balaban J connectivity index is 2.42. The Bertz CT molecular complexity index is 787. The summed E-state index contributed by atoms with van der Waals surface area (Å²) in [7, 11) is -2.50. The number of sulfone groups is 1. The first-order valence-electron chi connectivity index (χ1n) is 7.25. The van der Waals surface area contributed by atoms with Gasteiger partial charge in [0.15, 0.2) is 9.84 Å².